The lowest BCUT2D eigenvalue weighted by molar-refractivity contribution is 0.305. The number of hydrogen-bond acceptors (Lipinski definition) is 3. The van der Waals surface area contributed by atoms with Crippen molar-refractivity contribution in [3.8, 4) is 5.75 Å². The Labute approximate surface area is 127 Å². The van der Waals surface area contributed by atoms with Crippen LogP contribution in [0.4, 0.5) is 4.39 Å². The van der Waals surface area contributed by atoms with Gasteiger partial charge in [-0.05, 0) is 48.4 Å². The van der Waals surface area contributed by atoms with E-state index in [1.807, 2.05) is 0 Å². The van der Waals surface area contributed by atoms with Crippen molar-refractivity contribution in [3.63, 3.8) is 0 Å². The molecule has 0 aliphatic rings. The summed E-state index contributed by atoms with van der Waals surface area (Å²) in [6.07, 6.45) is 0. The molecule has 0 aliphatic heterocycles. The number of primary sulfonamides is 1. The molecule has 0 fully saturated rings. The fourth-order valence-corrected chi connectivity index (χ4v) is 2.80. The first-order valence-corrected chi connectivity index (χ1v) is 7.90. The van der Waals surface area contributed by atoms with Gasteiger partial charge in [-0.2, -0.15) is 0 Å². The zero-order chi connectivity index (χ0) is 15.6. The third kappa shape index (κ3) is 3.93. The number of halogens is 2. The highest BCUT2D eigenvalue weighted by Gasteiger charge is 2.12. The first-order chi connectivity index (χ1) is 9.77. The molecular weight excluding hydrogens is 317 g/mol. The molecule has 0 aliphatic carbocycles. The van der Waals surface area contributed by atoms with Gasteiger partial charge in [-0.1, -0.05) is 17.7 Å². The van der Waals surface area contributed by atoms with Crippen LogP contribution in [0.5, 0.6) is 5.75 Å². The quantitative estimate of drug-likeness (QED) is 0.937. The Bertz CT molecular complexity index is 778. The third-order valence-electron chi connectivity index (χ3n) is 2.84. The number of aryl methyl sites for hydroxylation is 1. The van der Waals surface area contributed by atoms with Crippen molar-refractivity contribution >= 4 is 21.6 Å². The minimum absolute atomic E-state index is 0.0249. The number of rotatable bonds is 4. The van der Waals surface area contributed by atoms with Gasteiger partial charge in [0.15, 0.2) is 0 Å². The molecule has 0 bridgehead atoms. The zero-order valence-corrected chi connectivity index (χ0v) is 12.7. The van der Waals surface area contributed by atoms with Crippen LogP contribution in [0.1, 0.15) is 11.1 Å². The molecule has 0 heterocycles. The Hall–Kier alpha value is -1.63. The van der Waals surface area contributed by atoms with Gasteiger partial charge in [-0.25, -0.2) is 17.9 Å². The maximum Gasteiger partial charge on any atom is 0.238 e. The van der Waals surface area contributed by atoms with Gasteiger partial charge in [0.25, 0.3) is 0 Å². The second-order valence-electron chi connectivity index (χ2n) is 4.51. The zero-order valence-electron chi connectivity index (χ0n) is 11.1. The first-order valence-electron chi connectivity index (χ1n) is 5.97. The maximum atomic E-state index is 13.0. The van der Waals surface area contributed by atoms with Crippen molar-refractivity contribution in [2.75, 3.05) is 0 Å². The summed E-state index contributed by atoms with van der Waals surface area (Å²) >= 11 is 5.68. The van der Waals surface area contributed by atoms with E-state index in [0.29, 0.717) is 16.9 Å². The molecule has 2 rings (SSSR count). The van der Waals surface area contributed by atoms with Crippen LogP contribution in [0.2, 0.25) is 5.02 Å². The van der Waals surface area contributed by atoms with E-state index in [4.69, 9.17) is 21.5 Å². The minimum atomic E-state index is -3.74. The Morgan fingerprint density at radius 3 is 2.52 bits per heavy atom. The van der Waals surface area contributed by atoms with Gasteiger partial charge in [0.05, 0.1) is 9.92 Å². The van der Waals surface area contributed by atoms with Crippen molar-refractivity contribution in [2.45, 2.75) is 18.4 Å². The lowest BCUT2D eigenvalue weighted by Gasteiger charge is -2.09. The van der Waals surface area contributed by atoms with Crippen molar-refractivity contribution in [1.29, 1.82) is 0 Å². The molecule has 21 heavy (non-hydrogen) atoms. The highest BCUT2D eigenvalue weighted by atomic mass is 35.5. The molecule has 112 valence electrons. The summed E-state index contributed by atoms with van der Waals surface area (Å²) in [5, 5.41) is 5.11. The predicted molar refractivity (Wildman–Crippen MR) is 78.3 cm³/mol. The Kier molecular flexibility index (Phi) is 4.51. The SMILES string of the molecule is Cc1cc(OCc2ccc(F)c(Cl)c2)ccc1S(N)(=O)=O. The van der Waals surface area contributed by atoms with Crippen molar-refractivity contribution in [3.05, 3.63) is 58.4 Å². The normalized spacial score (nSPS) is 11.4. The summed E-state index contributed by atoms with van der Waals surface area (Å²) in [5.74, 6) is -0.00545. The minimum Gasteiger partial charge on any atom is -0.489 e. The van der Waals surface area contributed by atoms with Crippen LogP contribution in [0, 0.1) is 12.7 Å². The van der Waals surface area contributed by atoms with E-state index in [1.54, 1.807) is 19.1 Å². The van der Waals surface area contributed by atoms with E-state index in [0.717, 1.165) is 0 Å². The number of ether oxygens (including phenoxy) is 1. The van der Waals surface area contributed by atoms with E-state index < -0.39 is 15.8 Å². The van der Waals surface area contributed by atoms with E-state index >= 15 is 0 Å². The average molecular weight is 330 g/mol. The van der Waals surface area contributed by atoms with Gasteiger partial charge < -0.3 is 4.74 Å². The first kappa shape index (κ1) is 15.8. The average Bonchev–Trinajstić information content (AvgIpc) is 2.39. The summed E-state index contributed by atoms with van der Waals surface area (Å²) in [7, 11) is -3.74. The van der Waals surface area contributed by atoms with E-state index in [1.165, 1.54) is 24.3 Å². The van der Waals surface area contributed by atoms with Crippen LogP contribution in [-0.2, 0) is 16.6 Å². The molecule has 0 amide bonds. The molecular formula is C14H13ClFNO3S. The topological polar surface area (TPSA) is 69.4 Å². The molecule has 2 aromatic carbocycles. The standard InChI is InChI=1S/C14H13ClFNO3S/c1-9-6-11(3-5-14(9)21(17,18)19)20-8-10-2-4-13(16)12(15)7-10/h2-7H,8H2,1H3,(H2,17,18,19). The fourth-order valence-electron chi connectivity index (χ4n) is 1.83. The Morgan fingerprint density at radius 2 is 1.95 bits per heavy atom. The number of sulfonamides is 1. The van der Waals surface area contributed by atoms with Crippen molar-refractivity contribution in [1.82, 2.24) is 0 Å². The predicted octanol–water partition coefficient (Wildman–Crippen LogP) is 3.01. The number of benzene rings is 2. The number of hydrogen-bond donors (Lipinski definition) is 1. The molecule has 0 unspecified atom stereocenters. The van der Waals surface area contributed by atoms with E-state index in [-0.39, 0.29) is 16.5 Å². The van der Waals surface area contributed by atoms with Crippen LogP contribution in [-0.4, -0.2) is 8.42 Å². The molecule has 0 radical (unpaired) electrons. The van der Waals surface area contributed by atoms with Gasteiger partial charge in [-0.15, -0.1) is 0 Å². The second kappa shape index (κ2) is 6.01. The monoisotopic (exact) mass is 329 g/mol. The smallest absolute Gasteiger partial charge is 0.238 e. The summed E-state index contributed by atoms with van der Waals surface area (Å²) < 4.78 is 41.1. The van der Waals surface area contributed by atoms with E-state index in [2.05, 4.69) is 0 Å². The molecule has 0 spiro atoms. The Morgan fingerprint density at radius 1 is 1.24 bits per heavy atom. The second-order valence-corrected chi connectivity index (χ2v) is 6.45. The lowest BCUT2D eigenvalue weighted by atomic mass is 10.2. The molecule has 7 heteroatoms. The Balaban J connectivity index is 2.14. The highest BCUT2D eigenvalue weighted by molar-refractivity contribution is 7.89. The van der Waals surface area contributed by atoms with Gasteiger partial charge >= 0.3 is 0 Å². The maximum absolute atomic E-state index is 13.0. The molecule has 0 saturated heterocycles. The van der Waals surface area contributed by atoms with Crippen LogP contribution in [0.25, 0.3) is 0 Å². The number of nitrogens with two attached hydrogens (primary N) is 1. The van der Waals surface area contributed by atoms with Crippen LogP contribution in [0.3, 0.4) is 0 Å². The van der Waals surface area contributed by atoms with E-state index in [9.17, 15) is 12.8 Å². The fraction of sp³-hybridized carbons (Fsp3) is 0.143. The van der Waals surface area contributed by atoms with Crippen LogP contribution < -0.4 is 9.88 Å². The van der Waals surface area contributed by atoms with Crippen LogP contribution in [0.15, 0.2) is 41.3 Å². The molecule has 2 aromatic rings. The molecule has 0 aromatic heterocycles. The summed E-state index contributed by atoms with van der Waals surface area (Å²) in [5.41, 5.74) is 1.20. The molecule has 2 N–H and O–H groups in total. The summed E-state index contributed by atoms with van der Waals surface area (Å²) in [6, 6.07) is 8.77. The third-order valence-corrected chi connectivity index (χ3v) is 4.20. The van der Waals surface area contributed by atoms with Crippen molar-refractivity contribution < 1.29 is 17.5 Å². The largest absolute Gasteiger partial charge is 0.489 e. The van der Waals surface area contributed by atoms with Gasteiger partial charge in [-0.3, -0.25) is 0 Å². The molecule has 4 nitrogen and oxygen atoms in total. The highest BCUT2D eigenvalue weighted by Crippen LogP contribution is 2.22. The van der Waals surface area contributed by atoms with Gasteiger partial charge in [0.2, 0.25) is 10.0 Å². The summed E-state index contributed by atoms with van der Waals surface area (Å²) in [4.78, 5) is 0.0553. The molecule has 0 atom stereocenters. The lowest BCUT2D eigenvalue weighted by Crippen LogP contribution is -2.13. The molecule has 0 saturated carbocycles. The van der Waals surface area contributed by atoms with Gasteiger partial charge in [0.1, 0.15) is 18.2 Å². The van der Waals surface area contributed by atoms with Crippen molar-refractivity contribution in [2.24, 2.45) is 5.14 Å². The van der Waals surface area contributed by atoms with Gasteiger partial charge in [0, 0.05) is 0 Å². The summed E-state index contributed by atoms with van der Waals surface area (Å²) in [6.45, 7) is 1.82. The van der Waals surface area contributed by atoms with Crippen LogP contribution >= 0.6 is 11.6 Å².